The van der Waals surface area contributed by atoms with Crippen LogP contribution in [0.3, 0.4) is 0 Å². The number of benzene rings is 2. The van der Waals surface area contributed by atoms with Crippen molar-refractivity contribution in [2.45, 2.75) is 32.6 Å². The van der Waals surface area contributed by atoms with E-state index < -0.39 is 0 Å². The smallest absolute Gasteiger partial charge is 0.119 e. The van der Waals surface area contributed by atoms with Gasteiger partial charge in [-0.2, -0.15) is 0 Å². The largest absolute Gasteiger partial charge is 0.494 e. The van der Waals surface area contributed by atoms with E-state index in [1.165, 1.54) is 16.7 Å². The molecule has 0 heterocycles. The third kappa shape index (κ3) is 4.61. The average Bonchev–Trinajstić information content (AvgIpc) is 2.53. The molecule has 2 aromatic rings. The van der Waals surface area contributed by atoms with Gasteiger partial charge in [0.25, 0.3) is 0 Å². The van der Waals surface area contributed by atoms with E-state index in [0.717, 1.165) is 25.2 Å². The maximum absolute atomic E-state index is 5.96. The van der Waals surface area contributed by atoms with Crippen molar-refractivity contribution in [3.05, 3.63) is 65.2 Å². The predicted octanol–water partition coefficient (Wildman–Crippen LogP) is 4.07. The summed E-state index contributed by atoms with van der Waals surface area (Å²) in [5, 5.41) is 0. The summed E-state index contributed by atoms with van der Waals surface area (Å²) in [6.07, 6.45) is 2.00. The van der Waals surface area contributed by atoms with E-state index in [9.17, 15) is 0 Å². The number of rotatable bonds is 7. The zero-order valence-electron chi connectivity index (χ0n) is 13.0. The van der Waals surface area contributed by atoms with Crippen LogP contribution in [0.25, 0.3) is 0 Å². The second kappa shape index (κ2) is 7.84. The number of ether oxygens (including phenoxy) is 1. The fourth-order valence-electron chi connectivity index (χ4n) is 2.40. The Kier molecular flexibility index (Phi) is 5.82. The van der Waals surface area contributed by atoms with E-state index in [2.05, 4.69) is 50.2 Å². The van der Waals surface area contributed by atoms with Gasteiger partial charge in [-0.25, -0.2) is 0 Å². The zero-order valence-corrected chi connectivity index (χ0v) is 13.0. The average molecular weight is 283 g/mol. The Bertz CT molecular complexity index is 530. The Morgan fingerprint density at radius 2 is 1.67 bits per heavy atom. The third-order valence-corrected chi connectivity index (χ3v) is 3.71. The molecule has 0 saturated carbocycles. The molecule has 0 fully saturated rings. The maximum atomic E-state index is 5.96. The Morgan fingerprint density at radius 3 is 2.24 bits per heavy atom. The van der Waals surface area contributed by atoms with Crippen LogP contribution in [0.2, 0.25) is 0 Å². The predicted molar refractivity (Wildman–Crippen MR) is 88.9 cm³/mol. The molecule has 2 nitrogen and oxygen atoms in total. The number of hydrogen-bond donors (Lipinski definition) is 1. The van der Waals surface area contributed by atoms with Crippen molar-refractivity contribution < 1.29 is 4.74 Å². The molecular formula is C19H25NO. The fourth-order valence-corrected chi connectivity index (χ4v) is 2.40. The molecule has 112 valence electrons. The van der Waals surface area contributed by atoms with Crippen molar-refractivity contribution >= 4 is 0 Å². The lowest BCUT2D eigenvalue weighted by Gasteiger charge is -2.16. The number of hydrogen-bond acceptors (Lipinski definition) is 2. The summed E-state index contributed by atoms with van der Waals surface area (Å²) < 4.78 is 5.61. The van der Waals surface area contributed by atoms with E-state index in [1.54, 1.807) is 0 Å². The van der Waals surface area contributed by atoms with Crippen LogP contribution in [0, 0.1) is 6.92 Å². The minimum atomic E-state index is 0.369. The highest BCUT2D eigenvalue weighted by atomic mass is 16.5. The Morgan fingerprint density at radius 1 is 1.00 bits per heavy atom. The molecule has 0 aromatic heterocycles. The first kappa shape index (κ1) is 15.6. The first-order valence-corrected chi connectivity index (χ1v) is 7.71. The molecule has 0 amide bonds. The van der Waals surface area contributed by atoms with Crippen molar-refractivity contribution in [1.29, 1.82) is 0 Å². The van der Waals surface area contributed by atoms with Crippen LogP contribution in [-0.2, 0) is 6.42 Å². The standard InChI is InChI=1S/C19H25NO/c1-3-12-21-19-10-6-16(7-11-19)13-18(14-20)17-8-4-15(2)5-9-17/h4-11,18H,3,12-14,20H2,1-2H3. The second-order valence-electron chi connectivity index (χ2n) is 5.54. The lowest BCUT2D eigenvalue weighted by atomic mass is 9.91. The molecule has 2 N–H and O–H groups in total. The molecule has 0 aliphatic heterocycles. The molecule has 2 aromatic carbocycles. The SMILES string of the molecule is CCCOc1ccc(CC(CN)c2ccc(C)cc2)cc1. The van der Waals surface area contributed by atoms with Crippen LogP contribution in [0.1, 0.15) is 36.0 Å². The van der Waals surface area contributed by atoms with Gasteiger partial charge in [-0.05, 0) is 49.6 Å². The Balaban J connectivity index is 2.02. The van der Waals surface area contributed by atoms with Gasteiger partial charge in [-0.3, -0.25) is 0 Å². The minimum absolute atomic E-state index is 0.369. The highest BCUT2D eigenvalue weighted by molar-refractivity contribution is 5.31. The molecular weight excluding hydrogens is 258 g/mol. The summed E-state index contributed by atoms with van der Waals surface area (Å²) in [7, 11) is 0. The summed E-state index contributed by atoms with van der Waals surface area (Å²) in [4.78, 5) is 0. The first-order valence-electron chi connectivity index (χ1n) is 7.71. The number of aryl methyl sites for hydroxylation is 1. The lowest BCUT2D eigenvalue weighted by Crippen LogP contribution is -2.15. The first-order chi connectivity index (χ1) is 10.2. The maximum Gasteiger partial charge on any atom is 0.119 e. The number of nitrogens with two attached hydrogens (primary N) is 1. The summed E-state index contributed by atoms with van der Waals surface area (Å²) in [6.45, 7) is 5.66. The lowest BCUT2D eigenvalue weighted by molar-refractivity contribution is 0.317. The second-order valence-corrected chi connectivity index (χ2v) is 5.54. The van der Waals surface area contributed by atoms with Crippen molar-refractivity contribution in [1.82, 2.24) is 0 Å². The molecule has 0 aliphatic rings. The van der Waals surface area contributed by atoms with Gasteiger partial charge in [0.05, 0.1) is 6.61 Å². The van der Waals surface area contributed by atoms with Crippen LogP contribution in [0.4, 0.5) is 0 Å². The topological polar surface area (TPSA) is 35.2 Å². The van der Waals surface area contributed by atoms with Crippen LogP contribution in [0.15, 0.2) is 48.5 Å². The van der Waals surface area contributed by atoms with Crippen molar-refractivity contribution in [3.8, 4) is 5.75 Å². The van der Waals surface area contributed by atoms with E-state index in [0.29, 0.717) is 12.5 Å². The van der Waals surface area contributed by atoms with Crippen molar-refractivity contribution in [2.75, 3.05) is 13.2 Å². The molecule has 21 heavy (non-hydrogen) atoms. The van der Waals surface area contributed by atoms with E-state index >= 15 is 0 Å². The highest BCUT2D eigenvalue weighted by Gasteiger charge is 2.10. The molecule has 0 bridgehead atoms. The van der Waals surface area contributed by atoms with Crippen molar-refractivity contribution in [2.24, 2.45) is 5.73 Å². The molecule has 0 spiro atoms. The molecule has 1 unspecified atom stereocenters. The Hall–Kier alpha value is -1.80. The van der Waals surface area contributed by atoms with Gasteiger partial charge in [-0.15, -0.1) is 0 Å². The van der Waals surface area contributed by atoms with Gasteiger partial charge < -0.3 is 10.5 Å². The molecule has 1 atom stereocenters. The summed E-state index contributed by atoms with van der Waals surface area (Å²) in [6, 6.07) is 17.1. The van der Waals surface area contributed by atoms with Gasteiger partial charge in [0.15, 0.2) is 0 Å². The Labute approximate surface area is 127 Å². The zero-order chi connectivity index (χ0) is 15.1. The monoisotopic (exact) mass is 283 g/mol. The van der Waals surface area contributed by atoms with Crippen LogP contribution >= 0.6 is 0 Å². The van der Waals surface area contributed by atoms with Crippen LogP contribution in [0.5, 0.6) is 5.75 Å². The van der Waals surface area contributed by atoms with E-state index in [-0.39, 0.29) is 0 Å². The fraction of sp³-hybridized carbons (Fsp3) is 0.368. The highest BCUT2D eigenvalue weighted by Crippen LogP contribution is 2.22. The summed E-state index contributed by atoms with van der Waals surface area (Å²) in [5.74, 6) is 1.31. The molecule has 0 aliphatic carbocycles. The van der Waals surface area contributed by atoms with Gasteiger partial charge in [0.1, 0.15) is 5.75 Å². The normalized spacial score (nSPS) is 12.1. The molecule has 0 radical (unpaired) electrons. The quantitative estimate of drug-likeness (QED) is 0.831. The van der Waals surface area contributed by atoms with E-state index in [1.807, 2.05) is 12.1 Å². The third-order valence-electron chi connectivity index (χ3n) is 3.71. The van der Waals surface area contributed by atoms with Crippen molar-refractivity contribution in [3.63, 3.8) is 0 Å². The molecule has 2 rings (SSSR count). The summed E-state index contributed by atoms with van der Waals surface area (Å²) in [5.41, 5.74) is 9.86. The summed E-state index contributed by atoms with van der Waals surface area (Å²) >= 11 is 0. The van der Waals surface area contributed by atoms with Gasteiger partial charge in [0, 0.05) is 5.92 Å². The van der Waals surface area contributed by atoms with Gasteiger partial charge in [0.2, 0.25) is 0 Å². The van der Waals surface area contributed by atoms with E-state index in [4.69, 9.17) is 10.5 Å². The minimum Gasteiger partial charge on any atom is -0.494 e. The van der Waals surface area contributed by atoms with Crippen LogP contribution < -0.4 is 10.5 Å². The van der Waals surface area contributed by atoms with Gasteiger partial charge >= 0.3 is 0 Å². The van der Waals surface area contributed by atoms with Gasteiger partial charge in [-0.1, -0.05) is 48.9 Å². The van der Waals surface area contributed by atoms with Crippen LogP contribution in [-0.4, -0.2) is 13.2 Å². The molecule has 2 heteroatoms. The molecule has 0 saturated heterocycles.